The average molecular weight is 615 g/mol. The van der Waals surface area contributed by atoms with Gasteiger partial charge in [-0.25, -0.2) is 8.42 Å². The Morgan fingerprint density at radius 2 is 1.38 bits per heavy atom. The predicted molar refractivity (Wildman–Crippen MR) is 142 cm³/mol. The molecule has 1 saturated heterocycles. The number of imide groups is 2. The number of nitrogens with zero attached hydrogens (tertiary/aromatic N) is 1. The van der Waals surface area contributed by atoms with Crippen LogP contribution in [0.25, 0.3) is 0 Å². The number of rotatable bonds is 20. The van der Waals surface area contributed by atoms with E-state index in [4.69, 9.17) is 28.8 Å². The molecule has 2 N–H and O–H groups in total. The summed E-state index contributed by atoms with van der Waals surface area (Å²) in [6, 6.07) is 2.72. The lowest BCUT2D eigenvalue weighted by Crippen LogP contribution is -2.54. The van der Waals surface area contributed by atoms with E-state index in [2.05, 4.69) is 5.32 Å². The molecule has 0 saturated carbocycles. The molecular formula is C26H34N2O13S. The van der Waals surface area contributed by atoms with Crippen LogP contribution in [0.4, 0.5) is 0 Å². The Morgan fingerprint density at radius 1 is 0.833 bits per heavy atom. The van der Waals surface area contributed by atoms with Gasteiger partial charge in [0.15, 0.2) is 9.84 Å². The van der Waals surface area contributed by atoms with Gasteiger partial charge >= 0.3 is 5.97 Å². The molecule has 1 aromatic carbocycles. The monoisotopic (exact) mass is 614 g/mol. The van der Waals surface area contributed by atoms with E-state index in [1.807, 2.05) is 0 Å². The Bertz CT molecular complexity index is 1250. The molecule has 1 fully saturated rings. The standard InChI is InChI=1S/C26H34N2O13S/c29-21-5-4-19(24(32)27-21)28-25(33)18-2-1-3-20(23(18)26(28)34)42(35,36)17-16-41-15-14-40-13-12-39-11-10-38-9-8-37-7-6-22(30)31/h1-3,19H,4-17H2,(H,30,31)(H,27,29,32). The largest absolute Gasteiger partial charge is 0.481 e. The highest BCUT2D eigenvalue weighted by molar-refractivity contribution is 7.91. The lowest BCUT2D eigenvalue weighted by atomic mass is 10.0. The maximum absolute atomic E-state index is 13.1. The molecule has 0 aromatic heterocycles. The van der Waals surface area contributed by atoms with Crippen LogP contribution in [0.15, 0.2) is 23.1 Å². The molecule has 2 aliphatic rings. The lowest BCUT2D eigenvalue weighted by Gasteiger charge is -2.27. The number of benzene rings is 1. The van der Waals surface area contributed by atoms with E-state index in [1.54, 1.807) is 0 Å². The van der Waals surface area contributed by atoms with Crippen molar-refractivity contribution in [2.24, 2.45) is 0 Å². The average Bonchev–Trinajstić information content (AvgIpc) is 3.19. The highest BCUT2D eigenvalue weighted by atomic mass is 32.2. The van der Waals surface area contributed by atoms with Gasteiger partial charge < -0.3 is 28.8 Å². The molecule has 16 heteroatoms. The Labute approximate surface area is 242 Å². The van der Waals surface area contributed by atoms with Gasteiger partial charge in [0.2, 0.25) is 11.8 Å². The van der Waals surface area contributed by atoms with E-state index in [1.165, 1.54) is 18.2 Å². The molecule has 42 heavy (non-hydrogen) atoms. The van der Waals surface area contributed by atoms with E-state index in [9.17, 15) is 32.4 Å². The number of amides is 4. The number of fused-ring (bicyclic) bond motifs is 1. The number of ether oxygens (including phenoxy) is 5. The SMILES string of the molecule is O=C(O)CCOCCOCCOCCOCCOCCS(=O)(=O)c1cccc2c1C(=O)N(C1CCC(=O)NC1=O)C2=O. The fourth-order valence-electron chi connectivity index (χ4n) is 4.16. The minimum atomic E-state index is -4.02. The quantitative estimate of drug-likeness (QED) is 0.140. The van der Waals surface area contributed by atoms with Crippen LogP contribution in [0.1, 0.15) is 40.0 Å². The Balaban J connectivity index is 1.31. The molecule has 1 aromatic rings. The first-order valence-corrected chi connectivity index (χ1v) is 15.0. The molecule has 0 bridgehead atoms. The zero-order valence-corrected chi connectivity index (χ0v) is 23.7. The van der Waals surface area contributed by atoms with Crippen molar-refractivity contribution in [2.75, 3.05) is 71.8 Å². The summed E-state index contributed by atoms with van der Waals surface area (Å²) >= 11 is 0. The van der Waals surface area contributed by atoms with Crippen LogP contribution in [0, 0.1) is 0 Å². The number of hydrogen-bond donors (Lipinski definition) is 2. The predicted octanol–water partition coefficient (Wildman–Crippen LogP) is -0.581. The van der Waals surface area contributed by atoms with Gasteiger partial charge in [-0.15, -0.1) is 0 Å². The van der Waals surface area contributed by atoms with Crippen molar-refractivity contribution in [1.29, 1.82) is 0 Å². The van der Waals surface area contributed by atoms with Crippen molar-refractivity contribution in [3.05, 3.63) is 29.3 Å². The number of aliphatic carboxylic acids is 1. The van der Waals surface area contributed by atoms with E-state index < -0.39 is 51.2 Å². The number of carboxylic acid groups (broad SMARTS) is 1. The van der Waals surface area contributed by atoms with Crippen molar-refractivity contribution < 1.29 is 61.2 Å². The molecular weight excluding hydrogens is 580 g/mol. The van der Waals surface area contributed by atoms with E-state index >= 15 is 0 Å². The third-order valence-electron chi connectivity index (χ3n) is 6.21. The molecule has 232 valence electrons. The summed E-state index contributed by atoms with van der Waals surface area (Å²) in [6.45, 7) is 2.19. The summed E-state index contributed by atoms with van der Waals surface area (Å²) in [6.07, 6.45) is -0.139. The van der Waals surface area contributed by atoms with E-state index in [-0.39, 0.29) is 68.3 Å². The van der Waals surface area contributed by atoms with Crippen molar-refractivity contribution >= 4 is 39.4 Å². The van der Waals surface area contributed by atoms with Crippen LogP contribution < -0.4 is 5.32 Å². The summed E-state index contributed by atoms with van der Waals surface area (Å²) in [5, 5.41) is 10.6. The van der Waals surface area contributed by atoms with Crippen LogP contribution in [-0.2, 0) is 47.9 Å². The first-order chi connectivity index (χ1) is 20.1. The highest BCUT2D eigenvalue weighted by Gasteiger charge is 2.46. The van der Waals surface area contributed by atoms with Gasteiger partial charge in [-0.2, -0.15) is 0 Å². The van der Waals surface area contributed by atoms with Gasteiger partial charge in [-0.3, -0.25) is 34.2 Å². The van der Waals surface area contributed by atoms with E-state index in [0.717, 1.165) is 4.90 Å². The minimum absolute atomic E-state index is 0.0384. The Kier molecular flexibility index (Phi) is 13.0. The molecule has 1 unspecified atom stereocenters. The van der Waals surface area contributed by atoms with E-state index in [0.29, 0.717) is 33.0 Å². The lowest BCUT2D eigenvalue weighted by molar-refractivity contribution is -0.138. The van der Waals surface area contributed by atoms with Gasteiger partial charge in [-0.1, -0.05) is 6.07 Å². The zero-order chi connectivity index (χ0) is 30.5. The van der Waals surface area contributed by atoms with Crippen molar-refractivity contribution in [3.8, 4) is 0 Å². The van der Waals surface area contributed by atoms with Gasteiger partial charge in [-0.05, 0) is 18.6 Å². The maximum Gasteiger partial charge on any atom is 0.305 e. The Hall–Kier alpha value is -3.28. The van der Waals surface area contributed by atoms with Crippen LogP contribution >= 0.6 is 0 Å². The first-order valence-electron chi connectivity index (χ1n) is 13.3. The van der Waals surface area contributed by atoms with Crippen LogP contribution in [0.3, 0.4) is 0 Å². The molecule has 0 radical (unpaired) electrons. The van der Waals surface area contributed by atoms with Crippen LogP contribution in [0.2, 0.25) is 0 Å². The fraction of sp³-hybridized carbons (Fsp3) is 0.577. The first kappa shape index (κ1) is 33.2. The number of carbonyl (C=O) groups is 5. The smallest absolute Gasteiger partial charge is 0.305 e. The second kappa shape index (κ2) is 16.4. The molecule has 15 nitrogen and oxygen atoms in total. The second-order valence-electron chi connectivity index (χ2n) is 9.15. The minimum Gasteiger partial charge on any atom is -0.481 e. The Morgan fingerprint density at radius 3 is 1.93 bits per heavy atom. The van der Waals surface area contributed by atoms with Crippen LogP contribution in [-0.4, -0.2) is 126 Å². The van der Waals surface area contributed by atoms with Crippen LogP contribution in [0.5, 0.6) is 0 Å². The normalized spacial score (nSPS) is 17.0. The van der Waals surface area contributed by atoms with Crippen molar-refractivity contribution in [2.45, 2.75) is 30.2 Å². The summed E-state index contributed by atoms with van der Waals surface area (Å²) in [4.78, 5) is 60.5. The maximum atomic E-state index is 13.1. The summed E-state index contributed by atoms with van der Waals surface area (Å²) < 4.78 is 52.5. The molecule has 2 heterocycles. The second-order valence-corrected chi connectivity index (χ2v) is 11.2. The van der Waals surface area contributed by atoms with Gasteiger partial charge in [0, 0.05) is 6.42 Å². The third kappa shape index (κ3) is 9.37. The molecule has 4 amide bonds. The molecule has 0 spiro atoms. The van der Waals surface area contributed by atoms with Gasteiger partial charge in [0.25, 0.3) is 11.8 Å². The number of carboxylic acids is 1. The summed E-state index contributed by atoms with van der Waals surface area (Å²) in [5.74, 6) is -4.34. The molecule has 2 aliphatic heterocycles. The number of hydrogen-bond acceptors (Lipinski definition) is 12. The van der Waals surface area contributed by atoms with Crippen molar-refractivity contribution in [1.82, 2.24) is 10.2 Å². The van der Waals surface area contributed by atoms with Gasteiger partial charge in [0.05, 0.1) is 94.3 Å². The summed E-state index contributed by atoms with van der Waals surface area (Å²) in [7, 11) is -4.02. The number of carbonyl (C=O) groups excluding carboxylic acids is 4. The van der Waals surface area contributed by atoms with Gasteiger partial charge in [0.1, 0.15) is 6.04 Å². The molecule has 1 atom stereocenters. The zero-order valence-electron chi connectivity index (χ0n) is 22.9. The number of nitrogens with one attached hydrogen (secondary N) is 1. The number of sulfone groups is 1. The molecule has 3 rings (SSSR count). The number of piperidine rings is 1. The topological polar surface area (TPSA) is 201 Å². The van der Waals surface area contributed by atoms with Crippen molar-refractivity contribution in [3.63, 3.8) is 0 Å². The summed E-state index contributed by atoms with van der Waals surface area (Å²) in [5.41, 5.74) is -0.402. The molecule has 0 aliphatic carbocycles. The fourth-order valence-corrected chi connectivity index (χ4v) is 5.51. The third-order valence-corrected chi connectivity index (χ3v) is 7.92. The highest BCUT2D eigenvalue weighted by Crippen LogP contribution is 2.32.